The maximum atomic E-state index is 14.1. The second-order valence-electron chi connectivity index (χ2n) is 7.47. The maximum Gasteiger partial charge on any atom is 0.387 e. The third kappa shape index (κ3) is 8.39. The summed E-state index contributed by atoms with van der Waals surface area (Å²) in [5.41, 5.74) is 0.00924. The number of halogens is 3. The van der Waals surface area contributed by atoms with E-state index in [1.165, 1.54) is 18.2 Å². The van der Waals surface area contributed by atoms with Gasteiger partial charge in [0.1, 0.15) is 11.6 Å². The minimum atomic E-state index is -3.02. The number of ether oxygens (including phenoxy) is 2. The van der Waals surface area contributed by atoms with E-state index in [0.29, 0.717) is 12.5 Å². The molecule has 1 aliphatic rings. The lowest BCUT2D eigenvalue weighted by atomic mass is 10.1. The Morgan fingerprint density at radius 1 is 1.27 bits per heavy atom. The molecular weight excluding hydrogens is 397 g/mol. The standard InChI is InChI=1S/C21H33F3N4O2/c1-4-25-21(26-14-17-18(22)6-5-7-19(17)30-20(23)24)27-16-8-10-28(11-9-16)12-13-29-15(2)3/h5-7,15-16,20H,4,8-14H2,1-3H3,(H2,25,26,27). The highest BCUT2D eigenvalue weighted by Gasteiger charge is 2.20. The van der Waals surface area contributed by atoms with Crippen LogP contribution in [0.25, 0.3) is 0 Å². The minimum Gasteiger partial charge on any atom is -0.434 e. The molecule has 9 heteroatoms. The zero-order valence-electron chi connectivity index (χ0n) is 18.0. The number of alkyl halides is 2. The highest BCUT2D eigenvalue weighted by Crippen LogP contribution is 2.24. The monoisotopic (exact) mass is 430 g/mol. The van der Waals surface area contributed by atoms with Crippen molar-refractivity contribution in [2.75, 3.05) is 32.8 Å². The van der Waals surface area contributed by atoms with Gasteiger partial charge in [-0.15, -0.1) is 0 Å². The summed E-state index contributed by atoms with van der Waals surface area (Å²) in [5, 5.41) is 6.50. The molecule has 1 aromatic rings. The van der Waals surface area contributed by atoms with Gasteiger partial charge in [-0.3, -0.25) is 0 Å². The molecule has 0 bridgehead atoms. The van der Waals surface area contributed by atoms with Crippen molar-refractivity contribution in [3.05, 3.63) is 29.6 Å². The summed E-state index contributed by atoms with van der Waals surface area (Å²) >= 11 is 0. The van der Waals surface area contributed by atoms with Gasteiger partial charge >= 0.3 is 6.61 Å². The lowest BCUT2D eigenvalue weighted by Gasteiger charge is -2.33. The summed E-state index contributed by atoms with van der Waals surface area (Å²) in [7, 11) is 0. The van der Waals surface area contributed by atoms with Crippen LogP contribution in [0.5, 0.6) is 5.75 Å². The number of nitrogens with one attached hydrogen (secondary N) is 2. The van der Waals surface area contributed by atoms with Crippen LogP contribution in [0.1, 0.15) is 39.2 Å². The first-order valence-electron chi connectivity index (χ1n) is 10.5. The van der Waals surface area contributed by atoms with Crippen LogP contribution < -0.4 is 15.4 Å². The number of guanidine groups is 1. The first-order valence-corrected chi connectivity index (χ1v) is 10.5. The van der Waals surface area contributed by atoms with Crippen LogP contribution in [-0.4, -0.2) is 62.4 Å². The first kappa shape index (κ1) is 24.3. The van der Waals surface area contributed by atoms with E-state index in [2.05, 4.69) is 25.3 Å². The molecular formula is C21H33F3N4O2. The fraction of sp³-hybridized carbons (Fsp3) is 0.667. The molecule has 1 aliphatic heterocycles. The number of nitrogens with zero attached hydrogens (tertiary/aromatic N) is 2. The molecule has 6 nitrogen and oxygen atoms in total. The molecule has 0 amide bonds. The molecule has 1 aromatic carbocycles. The molecule has 170 valence electrons. The van der Waals surface area contributed by atoms with Crippen LogP contribution in [0.4, 0.5) is 13.2 Å². The highest BCUT2D eigenvalue weighted by atomic mass is 19.3. The van der Waals surface area contributed by atoms with Crippen molar-refractivity contribution >= 4 is 5.96 Å². The third-order valence-corrected chi connectivity index (χ3v) is 4.82. The first-order chi connectivity index (χ1) is 14.4. The molecule has 2 N–H and O–H groups in total. The largest absolute Gasteiger partial charge is 0.434 e. The van der Waals surface area contributed by atoms with Gasteiger partial charge in [0.05, 0.1) is 24.8 Å². The van der Waals surface area contributed by atoms with E-state index in [4.69, 9.17) is 4.74 Å². The minimum absolute atomic E-state index is 0.00924. The van der Waals surface area contributed by atoms with Crippen LogP contribution in [0, 0.1) is 5.82 Å². The van der Waals surface area contributed by atoms with Crippen LogP contribution in [0.15, 0.2) is 23.2 Å². The van der Waals surface area contributed by atoms with Gasteiger partial charge in [0.15, 0.2) is 5.96 Å². The third-order valence-electron chi connectivity index (χ3n) is 4.82. The van der Waals surface area contributed by atoms with Crippen LogP contribution in [-0.2, 0) is 11.3 Å². The van der Waals surface area contributed by atoms with E-state index in [1.807, 2.05) is 20.8 Å². The summed E-state index contributed by atoms with van der Waals surface area (Å²) in [6, 6.07) is 4.10. The van der Waals surface area contributed by atoms with Gasteiger partial charge in [0, 0.05) is 32.2 Å². The second kappa shape index (κ2) is 12.6. The van der Waals surface area contributed by atoms with Gasteiger partial charge in [-0.1, -0.05) is 6.07 Å². The molecule has 0 atom stereocenters. The molecule has 0 aromatic heterocycles. The Morgan fingerprint density at radius 2 is 2.00 bits per heavy atom. The number of rotatable bonds is 10. The number of likely N-dealkylation sites (tertiary alicyclic amines) is 1. The summed E-state index contributed by atoms with van der Waals surface area (Å²) in [6.45, 7) is 7.06. The van der Waals surface area contributed by atoms with Crippen LogP contribution in [0.2, 0.25) is 0 Å². The topological polar surface area (TPSA) is 58.1 Å². The molecule has 1 saturated heterocycles. The van der Waals surface area contributed by atoms with Crippen molar-refractivity contribution < 1.29 is 22.6 Å². The molecule has 1 fully saturated rings. The predicted molar refractivity (Wildman–Crippen MR) is 112 cm³/mol. The van der Waals surface area contributed by atoms with Crippen LogP contribution in [0.3, 0.4) is 0 Å². The smallest absolute Gasteiger partial charge is 0.387 e. The van der Waals surface area contributed by atoms with E-state index < -0.39 is 12.4 Å². The SMILES string of the molecule is CCNC(=NCc1c(F)cccc1OC(F)F)NC1CCN(CCOC(C)C)CC1. The number of hydrogen-bond donors (Lipinski definition) is 2. The molecule has 2 rings (SSSR count). The fourth-order valence-electron chi connectivity index (χ4n) is 3.29. The fourth-order valence-corrected chi connectivity index (χ4v) is 3.29. The predicted octanol–water partition coefficient (Wildman–Crippen LogP) is 3.37. The Kier molecular flexibility index (Phi) is 10.2. The van der Waals surface area contributed by atoms with E-state index in [-0.39, 0.29) is 30.0 Å². The number of aliphatic imine (C=N–C) groups is 1. The molecule has 0 spiro atoms. The van der Waals surface area contributed by atoms with Crippen molar-refractivity contribution in [3.8, 4) is 5.75 Å². The van der Waals surface area contributed by atoms with E-state index >= 15 is 0 Å². The summed E-state index contributed by atoms with van der Waals surface area (Å²) in [5.74, 6) is -0.281. The average molecular weight is 431 g/mol. The molecule has 30 heavy (non-hydrogen) atoms. The van der Waals surface area contributed by atoms with E-state index in [0.717, 1.165) is 39.1 Å². The van der Waals surface area contributed by atoms with Gasteiger partial charge < -0.3 is 25.0 Å². The van der Waals surface area contributed by atoms with Gasteiger partial charge in [0.2, 0.25) is 0 Å². The van der Waals surface area contributed by atoms with E-state index in [9.17, 15) is 13.2 Å². The zero-order valence-corrected chi connectivity index (χ0v) is 18.0. The molecule has 0 unspecified atom stereocenters. The van der Waals surface area contributed by atoms with Crippen LogP contribution >= 0.6 is 0 Å². The van der Waals surface area contributed by atoms with Gasteiger partial charge in [-0.2, -0.15) is 8.78 Å². The Morgan fingerprint density at radius 3 is 2.63 bits per heavy atom. The second-order valence-corrected chi connectivity index (χ2v) is 7.47. The summed E-state index contributed by atoms with van der Waals surface area (Å²) in [4.78, 5) is 6.76. The van der Waals surface area contributed by atoms with Gasteiger partial charge in [-0.05, 0) is 45.7 Å². The Balaban J connectivity index is 1.92. The van der Waals surface area contributed by atoms with Crippen molar-refractivity contribution in [1.82, 2.24) is 15.5 Å². The molecule has 0 radical (unpaired) electrons. The van der Waals surface area contributed by atoms with E-state index in [1.54, 1.807) is 0 Å². The van der Waals surface area contributed by atoms with Crippen molar-refractivity contribution in [2.24, 2.45) is 4.99 Å². The normalized spacial score (nSPS) is 16.3. The van der Waals surface area contributed by atoms with Gasteiger partial charge in [-0.25, -0.2) is 9.38 Å². The lowest BCUT2D eigenvalue weighted by Crippen LogP contribution is -2.49. The quantitative estimate of drug-likeness (QED) is 0.440. The van der Waals surface area contributed by atoms with Crippen molar-refractivity contribution in [2.45, 2.75) is 58.9 Å². The molecule has 0 saturated carbocycles. The Bertz CT molecular complexity index is 666. The maximum absolute atomic E-state index is 14.1. The number of piperidine rings is 1. The zero-order chi connectivity index (χ0) is 21.9. The number of hydrogen-bond acceptors (Lipinski definition) is 4. The molecule has 1 heterocycles. The Hall–Kier alpha value is -2.00. The summed E-state index contributed by atoms with van der Waals surface area (Å²) in [6.07, 6.45) is 2.14. The highest BCUT2D eigenvalue weighted by molar-refractivity contribution is 5.80. The molecule has 0 aliphatic carbocycles. The van der Waals surface area contributed by atoms with Crippen molar-refractivity contribution in [1.29, 1.82) is 0 Å². The summed E-state index contributed by atoms with van der Waals surface area (Å²) < 4.78 is 49.4. The Labute approximate surface area is 176 Å². The average Bonchev–Trinajstić information content (AvgIpc) is 2.68. The van der Waals surface area contributed by atoms with Crippen molar-refractivity contribution in [3.63, 3.8) is 0 Å². The lowest BCUT2D eigenvalue weighted by molar-refractivity contribution is -0.0506. The number of benzene rings is 1. The van der Waals surface area contributed by atoms with Gasteiger partial charge in [0.25, 0.3) is 0 Å².